The molecule has 1 saturated heterocycles. The van der Waals surface area contributed by atoms with Crippen molar-refractivity contribution in [3.63, 3.8) is 0 Å². The normalized spacial score (nSPS) is 19.1. The summed E-state index contributed by atoms with van der Waals surface area (Å²) in [7, 11) is 0. The zero-order valence-corrected chi connectivity index (χ0v) is 12.2. The zero-order valence-electron chi connectivity index (χ0n) is 12.2. The molecule has 1 aromatic rings. The average molecular weight is 333 g/mol. The van der Waals surface area contributed by atoms with Crippen LogP contribution in [0.5, 0.6) is 0 Å². The molecule has 126 valence electrons. The van der Waals surface area contributed by atoms with Crippen molar-refractivity contribution in [3.05, 3.63) is 29.6 Å². The summed E-state index contributed by atoms with van der Waals surface area (Å²) in [6.07, 6.45) is -4.57. The lowest BCUT2D eigenvalue weighted by molar-refractivity contribution is -0.137. The molecule has 0 saturated carbocycles. The first-order valence-electron chi connectivity index (χ1n) is 6.89. The SMILES string of the molecule is C[C@H]1CNC(=O)CCN1C(=O)Nc1cc(C(F)(F)F)ccc1F. The van der Waals surface area contributed by atoms with E-state index in [1.807, 2.05) is 0 Å². The van der Waals surface area contributed by atoms with Crippen LogP contribution in [-0.4, -0.2) is 36.0 Å². The van der Waals surface area contributed by atoms with Gasteiger partial charge in [-0.1, -0.05) is 0 Å². The Kier molecular flexibility index (Phi) is 4.76. The number of benzene rings is 1. The van der Waals surface area contributed by atoms with Crippen LogP contribution in [0.2, 0.25) is 0 Å². The van der Waals surface area contributed by atoms with Gasteiger partial charge in [0, 0.05) is 25.6 Å². The van der Waals surface area contributed by atoms with Crippen LogP contribution in [0.25, 0.3) is 0 Å². The molecule has 0 aromatic heterocycles. The zero-order chi connectivity index (χ0) is 17.2. The summed E-state index contributed by atoms with van der Waals surface area (Å²) in [5.41, 5.74) is -1.62. The van der Waals surface area contributed by atoms with Gasteiger partial charge in [-0.2, -0.15) is 13.2 Å². The number of carbonyl (C=O) groups is 2. The van der Waals surface area contributed by atoms with E-state index < -0.39 is 29.3 Å². The molecule has 1 aliphatic rings. The predicted molar refractivity (Wildman–Crippen MR) is 74.2 cm³/mol. The molecule has 1 atom stereocenters. The molecule has 2 N–H and O–H groups in total. The van der Waals surface area contributed by atoms with Gasteiger partial charge in [0.2, 0.25) is 5.91 Å². The number of anilines is 1. The second-order valence-electron chi connectivity index (χ2n) is 5.22. The molecule has 0 unspecified atom stereocenters. The summed E-state index contributed by atoms with van der Waals surface area (Å²) in [5.74, 6) is -1.19. The quantitative estimate of drug-likeness (QED) is 0.776. The van der Waals surface area contributed by atoms with Gasteiger partial charge in [-0.25, -0.2) is 9.18 Å². The van der Waals surface area contributed by atoms with E-state index in [4.69, 9.17) is 0 Å². The number of hydrogen-bond donors (Lipinski definition) is 2. The van der Waals surface area contributed by atoms with Crippen LogP contribution in [-0.2, 0) is 11.0 Å². The van der Waals surface area contributed by atoms with Crippen LogP contribution >= 0.6 is 0 Å². The highest BCUT2D eigenvalue weighted by Crippen LogP contribution is 2.31. The summed E-state index contributed by atoms with van der Waals surface area (Å²) in [5, 5.41) is 4.74. The molecule has 2 rings (SSSR count). The number of nitrogens with zero attached hydrogens (tertiary/aromatic N) is 1. The minimum atomic E-state index is -4.64. The highest BCUT2D eigenvalue weighted by Gasteiger charge is 2.32. The Labute approximate surface area is 129 Å². The highest BCUT2D eigenvalue weighted by molar-refractivity contribution is 5.90. The number of halogens is 4. The third kappa shape index (κ3) is 4.11. The van der Waals surface area contributed by atoms with E-state index >= 15 is 0 Å². The van der Waals surface area contributed by atoms with Crippen molar-refractivity contribution in [1.82, 2.24) is 10.2 Å². The first-order valence-corrected chi connectivity index (χ1v) is 6.89. The minimum Gasteiger partial charge on any atom is -0.354 e. The summed E-state index contributed by atoms with van der Waals surface area (Å²) in [4.78, 5) is 24.8. The average Bonchev–Trinajstić information content (AvgIpc) is 2.62. The van der Waals surface area contributed by atoms with Crippen molar-refractivity contribution in [3.8, 4) is 0 Å². The van der Waals surface area contributed by atoms with Gasteiger partial charge < -0.3 is 15.5 Å². The first-order chi connectivity index (χ1) is 10.7. The number of nitrogens with one attached hydrogen (secondary N) is 2. The molecular weight excluding hydrogens is 318 g/mol. The highest BCUT2D eigenvalue weighted by atomic mass is 19.4. The van der Waals surface area contributed by atoms with Gasteiger partial charge >= 0.3 is 12.2 Å². The fraction of sp³-hybridized carbons (Fsp3) is 0.429. The van der Waals surface area contributed by atoms with Gasteiger partial charge in [0.25, 0.3) is 0 Å². The van der Waals surface area contributed by atoms with Crippen LogP contribution < -0.4 is 10.6 Å². The Hall–Kier alpha value is -2.32. The third-order valence-corrected chi connectivity index (χ3v) is 3.50. The second-order valence-corrected chi connectivity index (χ2v) is 5.22. The van der Waals surface area contributed by atoms with Gasteiger partial charge in [0.15, 0.2) is 0 Å². The standard InChI is InChI=1S/C14H15F4N3O2/c1-8-7-19-12(22)4-5-21(8)13(23)20-11-6-9(14(16,17)18)2-3-10(11)15/h2-3,6,8H,4-5,7H2,1H3,(H,19,22)(H,20,23)/t8-/m0/s1. The summed E-state index contributed by atoms with van der Waals surface area (Å²) in [6, 6.07) is 0.666. The summed E-state index contributed by atoms with van der Waals surface area (Å²) in [6.45, 7) is 1.99. The Morgan fingerprint density at radius 3 is 2.74 bits per heavy atom. The maximum atomic E-state index is 13.7. The van der Waals surface area contributed by atoms with Crippen LogP contribution in [0, 0.1) is 5.82 Å². The van der Waals surface area contributed by atoms with Crippen molar-refractivity contribution in [2.45, 2.75) is 25.6 Å². The number of rotatable bonds is 1. The number of alkyl halides is 3. The molecule has 0 bridgehead atoms. The van der Waals surface area contributed by atoms with Crippen molar-refractivity contribution in [2.24, 2.45) is 0 Å². The molecule has 23 heavy (non-hydrogen) atoms. The van der Waals surface area contributed by atoms with Crippen molar-refractivity contribution in [1.29, 1.82) is 0 Å². The second kappa shape index (κ2) is 6.43. The molecule has 0 aliphatic carbocycles. The van der Waals surface area contributed by atoms with Crippen LogP contribution in [0.15, 0.2) is 18.2 Å². The molecule has 0 radical (unpaired) electrons. The molecule has 1 fully saturated rings. The van der Waals surface area contributed by atoms with E-state index in [0.717, 1.165) is 0 Å². The predicted octanol–water partition coefficient (Wildman–Crippen LogP) is 2.59. The first kappa shape index (κ1) is 17.0. The lowest BCUT2D eigenvalue weighted by Crippen LogP contribution is -2.44. The van der Waals surface area contributed by atoms with Gasteiger partial charge in [-0.15, -0.1) is 0 Å². The summed E-state index contributed by atoms with van der Waals surface area (Å²) >= 11 is 0. The lowest BCUT2D eigenvalue weighted by atomic mass is 10.2. The maximum absolute atomic E-state index is 13.7. The van der Waals surface area contributed by atoms with E-state index in [1.54, 1.807) is 6.92 Å². The van der Waals surface area contributed by atoms with Crippen LogP contribution in [0.3, 0.4) is 0 Å². The smallest absolute Gasteiger partial charge is 0.354 e. The van der Waals surface area contributed by atoms with Gasteiger partial charge in [0.1, 0.15) is 5.82 Å². The van der Waals surface area contributed by atoms with Gasteiger partial charge in [0.05, 0.1) is 11.3 Å². The molecule has 5 nitrogen and oxygen atoms in total. The van der Waals surface area contributed by atoms with Crippen molar-refractivity contribution in [2.75, 3.05) is 18.4 Å². The molecule has 9 heteroatoms. The van der Waals surface area contributed by atoms with Crippen molar-refractivity contribution < 1.29 is 27.2 Å². The number of hydrogen-bond acceptors (Lipinski definition) is 2. The molecule has 3 amide bonds. The Bertz CT molecular complexity index is 619. The number of carbonyl (C=O) groups excluding carboxylic acids is 2. The van der Waals surface area contributed by atoms with E-state index in [1.165, 1.54) is 4.90 Å². The molecule has 0 spiro atoms. The van der Waals surface area contributed by atoms with E-state index in [9.17, 15) is 27.2 Å². The molecular formula is C14H15F4N3O2. The van der Waals surface area contributed by atoms with Gasteiger partial charge in [-0.05, 0) is 25.1 Å². The van der Waals surface area contributed by atoms with E-state index in [-0.39, 0.29) is 31.5 Å². The Morgan fingerprint density at radius 1 is 1.39 bits per heavy atom. The largest absolute Gasteiger partial charge is 0.416 e. The van der Waals surface area contributed by atoms with Gasteiger partial charge in [-0.3, -0.25) is 4.79 Å². The maximum Gasteiger partial charge on any atom is 0.416 e. The molecule has 1 aromatic carbocycles. The fourth-order valence-electron chi connectivity index (χ4n) is 2.19. The Morgan fingerprint density at radius 2 is 2.09 bits per heavy atom. The topological polar surface area (TPSA) is 61.4 Å². The monoisotopic (exact) mass is 333 g/mol. The Balaban J connectivity index is 2.17. The van der Waals surface area contributed by atoms with Crippen LogP contribution in [0.1, 0.15) is 18.9 Å². The number of amides is 3. The minimum absolute atomic E-state index is 0.0723. The number of urea groups is 1. The summed E-state index contributed by atoms with van der Waals surface area (Å²) < 4.78 is 51.6. The van der Waals surface area contributed by atoms with E-state index in [0.29, 0.717) is 18.2 Å². The fourth-order valence-corrected chi connectivity index (χ4v) is 2.19. The van der Waals surface area contributed by atoms with E-state index in [2.05, 4.69) is 10.6 Å². The van der Waals surface area contributed by atoms with Crippen LogP contribution in [0.4, 0.5) is 28.0 Å². The third-order valence-electron chi connectivity index (χ3n) is 3.50. The molecule has 1 heterocycles. The lowest BCUT2D eigenvalue weighted by Gasteiger charge is -2.26. The molecule has 1 aliphatic heterocycles. The van der Waals surface area contributed by atoms with Crippen molar-refractivity contribution >= 4 is 17.6 Å².